The predicted octanol–water partition coefficient (Wildman–Crippen LogP) is 4.15. The molecule has 0 radical (unpaired) electrons. The monoisotopic (exact) mass is 288 g/mol. The fourth-order valence-electron chi connectivity index (χ4n) is 3.20. The van der Waals surface area contributed by atoms with E-state index >= 15 is 0 Å². The van der Waals surface area contributed by atoms with Crippen LogP contribution in [0, 0.1) is 0 Å². The second-order valence-corrected chi connectivity index (χ2v) is 7.01. The van der Waals surface area contributed by atoms with E-state index < -0.39 is 0 Å². The highest BCUT2D eigenvalue weighted by Crippen LogP contribution is 2.39. The third-order valence-corrected chi connectivity index (χ3v) is 4.15. The molecule has 1 aliphatic heterocycles. The fourth-order valence-corrected chi connectivity index (χ4v) is 3.20. The van der Waals surface area contributed by atoms with E-state index in [1.807, 2.05) is 19.1 Å². The van der Waals surface area contributed by atoms with E-state index in [9.17, 15) is 0 Å². The molecule has 4 nitrogen and oxygen atoms in total. The van der Waals surface area contributed by atoms with Crippen molar-refractivity contribution < 1.29 is 9.15 Å². The van der Waals surface area contributed by atoms with Gasteiger partial charge in [0.2, 0.25) is 0 Å². The molecule has 1 aromatic heterocycles. The lowest BCUT2D eigenvalue weighted by Crippen LogP contribution is -2.38. The second-order valence-electron chi connectivity index (χ2n) is 7.01. The van der Waals surface area contributed by atoms with Gasteiger partial charge in [0.15, 0.2) is 11.5 Å². The quantitative estimate of drug-likeness (QED) is 0.921. The van der Waals surface area contributed by atoms with Crippen LogP contribution in [0.25, 0.3) is 11.1 Å². The van der Waals surface area contributed by atoms with Crippen molar-refractivity contribution >= 4 is 16.8 Å². The minimum Gasteiger partial charge on any atom is -0.441 e. The van der Waals surface area contributed by atoms with Crippen molar-refractivity contribution in [3.8, 4) is 0 Å². The number of benzene rings is 1. The van der Waals surface area contributed by atoms with Crippen molar-refractivity contribution in [2.45, 2.75) is 64.7 Å². The van der Waals surface area contributed by atoms with E-state index in [0.29, 0.717) is 0 Å². The maximum atomic E-state index is 6.13. The summed E-state index contributed by atoms with van der Waals surface area (Å²) in [6, 6.07) is 6.37. The molecule has 3 rings (SSSR count). The van der Waals surface area contributed by atoms with Crippen molar-refractivity contribution in [3.63, 3.8) is 0 Å². The number of oxazole rings is 1. The Morgan fingerprint density at radius 2 is 2.05 bits per heavy atom. The summed E-state index contributed by atoms with van der Waals surface area (Å²) in [5.74, 6) is 0.785. The Hall–Kier alpha value is -1.55. The van der Waals surface area contributed by atoms with E-state index in [0.717, 1.165) is 35.5 Å². The summed E-state index contributed by atoms with van der Waals surface area (Å²) < 4.78 is 11.8. The molecule has 21 heavy (non-hydrogen) atoms. The molecule has 0 saturated carbocycles. The van der Waals surface area contributed by atoms with Crippen molar-refractivity contribution in [3.05, 3.63) is 24.1 Å². The predicted molar refractivity (Wildman–Crippen MR) is 84.7 cm³/mol. The number of nitrogens with zero attached hydrogens (tertiary/aromatic N) is 1. The Labute approximate surface area is 125 Å². The van der Waals surface area contributed by atoms with Crippen LogP contribution in [0.3, 0.4) is 0 Å². The highest BCUT2D eigenvalue weighted by molar-refractivity contribution is 5.77. The SMILES string of the molecule is CCc1nc2cc(NC3CC(C)(C)OC3(C)C)ccc2o1. The number of fused-ring (bicyclic) bond motifs is 1. The molecule has 1 aliphatic rings. The molecule has 1 N–H and O–H groups in total. The van der Waals surface area contributed by atoms with Crippen LogP contribution in [0.5, 0.6) is 0 Å². The van der Waals surface area contributed by atoms with E-state index in [1.165, 1.54) is 0 Å². The lowest BCUT2D eigenvalue weighted by Gasteiger charge is -2.28. The van der Waals surface area contributed by atoms with Crippen LogP contribution in [0.2, 0.25) is 0 Å². The Kier molecular flexibility index (Phi) is 3.24. The Morgan fingerprint density at radius 1 is 1.29 bits per heavy atom. The Balaban J connectivity index is 1.84. The molecule has 1 saturated heterocycles. The molecule has 1 aromatic carbocycles. The third-order valence-electron chi connectivity index (χ3n) is 4.15. The van der Waals surface area contributed by atoms with Crippen LogP contribution < -0.4 is 5.32 Å². The van der Waals surface area contributed by atoms with Gasteiger partial charge in [-0.1, -0.05) is 6.92 Å². The van der Waals surface area contributed by atoms with E-state index in [4.69, 9.17) is 9.15 Å². The molecule has 1 fully saturated rings. The summed E-state index contributed by atoms with van der Waals surface area (Å²) in [6.45, 7) is 10.6. The van der Waals surface area contributed by atoms with Gasteiger partial charge < -0.3 is 14.5 Å². The number of aromatic nitrogens is 1. The van der Waals surface area contributed by atoms with Crippen molar-refractivity contribution in [1.82, 2.24) is 4.98 Å². The summed E-state index contributed by atoms with van der Waals surface area (Å²) in [4.78, 5) is 4.49. The lowest BCUT2D eigenvalue weighted by molar-refractivity contribution is -0.0662. The number of anilines is 1. The molecule has 0 bridgehead atoms. The number of aryl methyl sites for hydroxylation is 1. The smallest absolute Gasteiger partial charge is 0.195 e. The summed E-state index contributed by atoms with van der Waals surface area (Å²) >= 11 is 0. The van der Waals surface area contributed by atoms with Crippen LogP contribution in [0.4, 0.5) is 5.69 Å². The largest absolute Gasteiger partial charge is 0.441 e. The maximum absolute atomic E-state index is 6.13. The first-order chi connectivity index (χ1) is 9.79. The first-order valence-corrected chi connectivity index (χ1v) is 7.65. The van der Waals surface area contributed by atoms with Gasteiger partial charge in [0.25, 0.3) is 0 Å². The van der Waals surface area contributed by atoms with Gasteiger partial charge in [-0.3, -0.25) is 0 Å². The normalized spacial score (nSPS) is 23.6. The molecule has 114 valence electrons. The highest BCUT2D eigenvalue weighted by atomic mass is 16.5. The Morgan fingerprint density at radius 3 is 2.67 bits per heavy atom. The zero-order valence-electron chi connectivity index (χ0n) is 13.5. The molecule has 4 heteroatoms. The number of ether oxygens (including phenoxy) is 1. The van der Waals surface area contributed by atoms with Crippen molar-refractivity contribution in [2.24, 2.45) is 0 Å². The summed E-state index contributed by atoms with van der Waals surface area (Å²) in [5, 5.41) is 3.60. The van der Waals surface area contributed by atoms with Gasteiger partial charge >= 0.3 is 0 Å². The Bertz CT molecular complexity index is 658. The van der Waals surface area contributed by atoms with Gasteiger partial charge in [-0.2, -0.15) is 0 Å². The minimum atomic E-state index is -0.184. The molecule has 2 aromatic rings. The van der Waals surface area contributed by atoms with Gasteiger partial charge in [0.05, 0.1) is 17.2 Å². The lowest BCUT2D eigenvalue weighted by atomic mass is 9.94. The van der Waals surface area contributed by atoms with Crippen LogP contribution in [0.15, 0.2) is 22.6 Å². The van der Waals surface area contributed by atoms with Gasteiger partial charge in [-0.05, 0) is 52.3 Å². The van der Waals surface area contributed by atoms with Gasteiger partial charge in [-0.15, -0.1) is 0 Å². The maximum Gasteiger partial charge on any atom is 0.195 e. The zero-order valence-corrected chi connectivity index (χ0v) is 13.5. The summed E-state index contributed by atoms with van der Waals surface area (Å²) in [5.41, 5.74) is 2.55. The van der Waals surface area contributed by atoms with Gasteiger partial charge in [0.1, 0.15) is 5.52 Å². The first-order valence-electron chi connectivity index (χ1n) is 7.65. The zero-order chi connectivity index (χ0) is 15.3. The standard InChI is InChI=1S/C17H24N2O2/c1-6-15-19-12-9-11(7-8-13(12)20-15)18-14-10-16(2,3)21-17(14,4)5/h7-9,14,18H,6,10H2,1-5H3. The fraction of sp³-hybridized carbons (Fsp3) is 0.588. The average Bonchev–Trinajstić information content (AvgIpc) is 2.86. The topological polar surface area (TPSA) is 47.3 Å². The van der Waals surface area contributed by atoms with E-state index in [-0.39, 0.29) is 17.2 Å². The van der Waals surface area contributed by atoms with Crippen LogP contribution in [-0.2, 0) is 11.2 Å². The molecule has 2 heterocycles. The molecule has 0 aliphatic carbocycles. The average molecular weight is 288 g/mol. The summed E-state index contributed by atoms with van der Waals surface area (Å²) in [6.07, 6.45) is 1.80. The molecular formula is C17H24N2O2. The van der Waals surface area contributed by atoms with E-state index in [2.05, 4.69) is 44.1 Å². The second kappa shape index (κ2) is 4.73. The molecule has 0 amide bonds. The van der Waals surface area contributed by atoms with Crippen molar-refractivity contribution in [2.75, 3.05) is 5.32 Å². The number of hydrogen-bond acceptors (Lipinski definition) is 4. The molecule has 1 atom stereocenters. The van der Waals surface area contributed by atoms with Crippen LogP contribution in [0.1, 0.15) is 46.9 Å². The minimum absolute atomic E-state index is 0.0888. The van der Waals surface area contributed by atoms with Crippen LogP contribution in [-0.4, -0.2) is 22.2 Å². The van der Waals surface area contributed by atoms with Gasteiger partial charge in [-0.25, -0.2) is 4.98 Å². The number of nitrogens with one attached hydrogen (secondary N) is 1. The number of hydrogen-bond donors (Lipinski definition) is 1. The summed E-state index contributed by atoms with van der Waals surface area (Å²) in [7, 11) is 0. The van der Waals surface area contributed by atoms with E-state index in [1.54, 1.807) is 0 Å². The molecule has 0 spiro atoms. The molecular weight excluding hydrogens is 264 g/mol. The highest BCUT2D eigenvalue weighted by Gasteiger charge is 2.45. The molecule has 1 unspecified atom stereocenters. The van der Waals surface area contributed by atoms with Crippen LogP contribution >= 0.6 is 0 Å². The number of rotatable bonds is 3. The van der Waals surface area contributed by atoms with Gasteiger partial charge in [0, 0.05) is 12.1 Å². The third kappa shape index (κ3) is 2.77. The van der Waals surface area contributed by atoms with Crippen molar-refractivity contribution in [1.29, 1.82) is 0 Å². The first kappa shape index (κ1) is 14.4.